The van der Waals surface area contributed by atoms with Crippen LogP contribution >= 0.6 is 11.8 Å². The first-order chi connectivity index (χ1) is 10.5. The van der Waals surface area contributed by atoms with Crippen molar-refractivity contribution in [1.82, 2.24) is 19.9 Å². The number of thioether (sulfide) groups is 1. The van der Waals surface area contributed by atoms with Gasteiger partial charge in [-0.25, -0.2) is 9.50 Å². The van der Waals surface area contributed by atoms with E-state index in [1.165, 1.54) is 0 Å². The Kier molecular flexibility index (Phi) is 4.15. The number of nitrogens with one attached hydrogen (secondary N) is 1. The van der Waals surface area contributed by atoms with Gasteiger partial charge < -0.3 is 5.32 Å². The number of hydrogen-bond donors (Lipinski definition) is 1. The number of amidine groups is 1. The minimum absolute atomic E-state index is 0.00342. The number of carbonyl (C=O) groups excluding carboxylic acids is 1. The highest BCUT2D eigenvalue weighted by molar-refractivity contribution is 8.14. The number of amides is 1. The molecule has 22 heavy (non-hydrogen) atoms. The Labute approximate surface area is 133 Å². The lowest BCUT2D eigenvalue weighted by Gasteiger charge is -2.11. The Hall–Kier alpha value is -1.89. The molecule has 0 fully saturated rings. The number of aromatic nitrogens is 3. The van der Waals surface area contributed by atoms with Gasteiger partial charge in [0.25, 0.3) is 0 Å². The maximum atomic E-state index is 12.0. The molecule has 0 atom stereocenters. The molecule has 0 radical (unpaired) electrons. The van der Waals surface area contributed by atoms with Crippen molar-refractivity contribution in [3.8, 4) is 0 Å². The molecule has 7 heteroatoms. The quantitative estimate of drug-likeness (QED) is 0.937. The van der Waals surface area contributed by atoms with Crippen molar-refractivity contribution in [3.63, 3.8) is 0 Å². The Morgan fingerprint density at radius 3 is 2.95 bits per heavy atom. The van der Waals surface area contributed by atoms with Gasteiger partial charge in [-0.15, -0.1) is 0 Å². The minimum Gasteiger partial charge on any atom is -0.305 e. The molecule has 0 aliphatic carbocycles. The van der Waals surface area contributed by atoms with Crippen molar-refractivity contribution < 1.29 is 4.79 Å². The Morgan fingerprint density at radius 1 is 1.41 bits per heavy atom. The van der Waals surface area contributed by atoms with Crippen LogP contribution in [-0.4, -0.2) is 38.0 Å². The average molecular weight is 317 g/mol. The second-order valence-electron chi connectivity index (χ2n) is 5.40. The van der Waals surface area contributed by atoms with Gasteiger partial charge >= 0.3 is 0 Å². The Bertz CT molecular complexity index is 765. The van der Waals surface area contributed by atoms with Gasteiger partial charge in [-0.3, -0.25) is 9.79 Å². The van der Waals surface area contributed by atoms with Crippen LogP contribution in [0.25, 0.3) is 5.65 Å². The van der Waals surface area contributed by atoms with E-state index in [-0.39, 0.29) is 5.91 Å². The Balaban J connectivity index is 1.74. The van der Waals surface area contributed by atoms with E-state index in [9.17, 15) is 4.79 Å². The first-order valence-corrected chi connectivity index (χ1v) is 8.32. The zero-order valence-corrected chi connectivity index (χ0v) is 13.8. The molecule has 3 rings (SSSR count). The lowest BCUT2D eigenvalue weighted by molar-refractivity contribution is -0.119. The predicted octanol–water partition coefficient (Wildman–Crippen LogP) is 1.81. The maximum absolute atomic E-state index is 12.0. The summed E-state index contributed by atoms with van der Waals surface area (Å²) in [6.07, 6.45) is 1.08. The Morgan fingerprint density at radius 2 is 2.23 bits per heavy atom. The van der Waals surface area contributed by atoms with Crippen LogP contribution in [0.5, 0.6) is 0 Å². The van der Waals surface area contributed by atoms with E-state index in [1.54, 1.807) is 11.8 Å². The normalized spacial score (nSPS) is 14.4. The van der Waals surface area contributed by atoms with Crippen LogP contribution in [-0.2, 0) is 11.2 Å². The van der Waals surface area contributed by atoms with Gasteiger partial charge in [-0.1, -0.05) is 11.8 Å². The number of rotatable bonds is 3. The van der Waals surface area contributed by atoms with E-state index in [4.69, 9.17) is 0 Å². The number of carbonyl (C=O) groups is 1. The molecule has 0 aromatic carbocycles. The van der Waals surface area contributed by atoms with Gasteiger partial charge in [-0.05, 0) is 32.8 Å². The molecule has 116 valence electrons. The fourth-order valence-electron chi connectivity index (χ4n) is 2.63. The van der Waals surface area contributed by atoms with Gasteiger partial charge in [0.15, 0.2) is 10.8 Å². The molecule has 0 saturated heterocycles. The first-order valence-electron chi connectivity index (χ1n) is 7.34. The van der Waals surface area contributed by atoms with Crippen LogP contribution < -0.4 is 5.32 Å². The molecular formula is C15H19N5OS. The lowest BCUT2D eigenvalue weighted by atomic mass is 10.1. The molecule has 3 heterocycles. The highest BCUT2D eigenvalue weighted by atomic mass is 32.2. The molecule has 0 bridgehead atoms. The standard InChI is InChI=1S/C15H19N5OS/c1-9-8-13-17-10(2)12(11(3)20(13)19-9)4-5-14(21)18-15-16-6-7-22-15/h8H,4-7H2,1-3H3,(H,16,18,21). The molecule has 6 nitrogen and oxygen atoms in total. The van der Waals surface area contributed by atoms with Gasteiger partial charge in [0, 0.05) is 29.6 Å². The fraction of sp³-hybridized carbons (Fsp3) is 0.467. The molecule has 1 amide bonds. The van der Waals surface area contributed by atoms with Crippen molar-refractivity contribution in [3.05, 3.63) is 28.7 Å². The molecule has 1 aliphatic heterocycles. The van der Waals surface area contributed by atoms with E-state index < -0.39 is 0 Å². The summed E-state index contributed by atoms with van der Waals surface area (Å²) in [5, 5.41) is 8.06. The van der Waals surface area contributed by atoms with Crippen molar-refractivity contribution >= 4 is 28.5 Å². The van der Waals surface area contributed by atoms with Crippen LogP contribution in [0.15, 0.2) is 11.1 Å². The van der Waals surface area contributed by atoms with Crippen molar-refractivity contribution in [2.45, 2.75) is 33.6 Å². The molecule has 0 spiro atoms. The summed E-state index contributed by atoms with van der Waals surface area (Å²) in [5.41, 5.74) is 4.91. The summed E-state index contributed by atoms with van der Waals surface area (Å²) in [4.78, 5) is 20.8. The molecule has 1 aliphatic rings. The van der Waals surface area contributed by atoms with E-state index in [0.29, 0.717) is 12.8 Å². The summed E-state index contributed by atoms with van der Waals surface area (Å²) in [7, 11) is 0. The van der Waals surface area contributed by atoms with Crippen molar-refractivity contribution in [2.24, 2.45) is 4.99 Å². The topological polar surface area (TPSA) is 71.7 Å². The summed E-state index contributed by atoms with van der Waals surface area (Å²) in [6.45, 7) is 6.76. The van der Waals surface area contributed by atoms with E-state index in [0.717, 1.165) is 45.8 Å². The molecule has 0 unspecified atom stereocenters. The van der Waals surface area contributed by atoms with Gasteiger partial charge in [0.2, 0.25) is 5.91 Å². The van der Waals surface area contributed by atoms with Crippen LogP contribution in [0.1, 0.15) is 29.1 Å². The number of aliphatic imine (C=N–C) groups is 1. The molecular weight excluding hydrogens is 298 g/mol. The summed E-state index contributed by atoms with van der Waals surface area (Å²) < 4.78 is 1.85. The highest BCUT2D eigenvalue weighted by Crippen LogP contribution is 2.17. The molecule has 1 N–H and O–H groups in total. The third-order valence-corrected chi connectivity index (χ3v) is 4.61. The molecule has 2 aromatic rings. The lowest BCUT2D eigenvalue weighted by Crippen LogP contribution is -2.27. The van der Waals surface area contributed by atoms with Crippen LogP contribution in [0.3, 0.4) is 0 Å². The summed E-state index contributed by atoms with van der Waals surface area (Å²) >= 11 is 1.59. The summed E-state index contributed by atoms with van der Waals surface area (Å²) in [5.74, 6) is 0.955. The SMILES string of the molecule is Cc1cc2nc(C)c(CCC(=O)NC3=NCCS3)c(C)n2n1. The zero-order valence-electron chi connectivity index (χ0n) is 13.0. The molecule has 2 aromatic heterocycles. The minimum atomic E-state index is 0.00342. The van der Waals surface area contributed by atoms with Crippen molar-refractivity contribution in [1.29, 1.82) is 0 Å². The molecule has 0 saturated carbocycles. The largest absolute Gasteiger partial charge is 0.305 e. The van der Waals surface area contributed by atoms with Crippen molar-refractivity contribution in [2.75, 3.05) is 12.3 Å². The maximum Gasteiger partial charge on any atom is 0.226 e. The number of nitrogens with zero attached hydrogens (tertiary/aromatic N) is 4. The third kappa shape index (κ3) is 2.99. The fourth-order valence-corrected chi connectivity index (χ4v) is 3.38. The zero-order chi connectivity index (χ0) is 15.7. The number of aryl methyl sites for hydroxylation is 3. The van der Waals surface area contributed by atoms with Crippen LogP contribution in [0, 0.1) is 20.8 Å². The number of fused-ring (bicyclic) bond motifs is 1. The van der Waals surface area contributed by atoms with Crippen LogP contribution in [0.2, 0.25) is 0 Å². The van der Waals surface area contributed by atoms with Gasteiger partial charge in [0.05, 0.1) is 12.2 Å². The van der Waals surface area contributed by atoms with Gasteiger partial charge in [0.1, 0.15) is 0 Å². The first kappa shape index (κ1) is 15.0. The average Bonchev–Trinajstić information content (AvgIpc) is 3.07. The van der Waals surface area contributed by atoms with Crippen LogP contribution in [0.4, 0.5) is 0 Å². The smallest absolute Gasteiger partial charge is 0.226 e. The third-order valence-electron chi connectivity index (χ3n) is 3.72. The highest BCUT2D eigenvalue weighted by Gasteiger charge is 2.14. The predicted molar refractivity (Wildman–Crippen MR) is 88.4 cm³/mol. The summed E-state index contributed by atoms with van der Waals surface area (Å²) in [6, 6.07) is 1.96. The number of hydrogen-bond acceptors (Lipinski definition) is 5. The monoisotopic (exact) mass is 317 g/mol. The van der Waals surface area contributed by atoms with E-state index in [1.807, 2.05) is 31.4 Å². The van der Waals surface area contributed by atoms with Gasteiger partial charge in [-0.2, -0.15) is 5.10 Å². The van der Waals surface area contributed by atoms with E-state index in [2.05, 4.69) is 20.4 Å². The second-order valence-corrected chi connectivity index (χ2v) is 6.48. The van der Waals surface area contributed by atoms with E-state index >= 15 is 0 Å². The second kappa shape index (κ2) is 6.08.